The van der Waals surface area contributed by atoms with E-state index in [-0.39, 0.29) is 36.5 Å². The average molecular weight is 328 g/mol. The molecule has 1 aromatic carbocycles. The van der Waals surface area contributed by atoms with Crippen LogP contribution in [0.5, 0.6) is 0 Å². The number of hydrogen-bond acceptors (Lipinski definition) is 5. The first-order valence-corrected chi connectivity index (χ1v) is 9.03. The summed E-state index contributed by atoms with van der Waals surface area (Å²) >= 11 is 0. The summed E-state index contributed by atoms with van der Waals surface area (Å²) in [7, 11) is -1.66. The van der Waals surface area contributed by atoms with Gasteiger partial charge in [0.2, 0.25) is 5.91 Å². The van der Waals surface area contributed by atoms with Crippen molar-refractivity contribution in [1.29, 1.82) is 0 Å². The van der Waals surface area contributed by atoms with Crippen molar-refractivity contribution in [1.82, 2.24) is 5.32 Å². The van der Waals surface area contributed by atoms with Crippen LogP contribution in [-0.4, -0.2) is 46.4 Å². The monoisotopic (exact) mass is 328 g/mol. The fourth-order valence-corrected chi connectivity index (χ4v) is 3.39. The van der Waals surface area contributed by atoms with Gasteiger partial charge in [0.25, 0.3) is 0 Å². The molecule has 7 heteroatoms. The van der Waals surface area contributed by atoms with Crippen LogP contribution >= 0.6 is 0 Å². The summed E-state index contributed by atoms with van der Waals surface area (Å²) < 4.78 is 28.9. The third kappa shape index (κ3) is 7.53. The maximum absolute atomic E-state index is 12.0. The van der Waals surface area contributed by atoms with Gasteiger partial charge in [-0.2, -0.15) is 0 Å². The second-order valence-electron chi connectivity index (χ2n) is 5.08. The van der Waals surface area contributed by atoms with Crippen molar-refractivity contribution in [2.75, 3.05) is 26.0 Å². The first-order valence-electron chi connectivity index (χ1n) is 7.20. The van der Waals surface area contributed by atoms with Crippen LogP contribution in [0.3, 0.4) is 0 Å². The number of nitrogens with two attached hydrogens (primary N) is 1. The zero-order valence-corrected chi connectivity index (χ0v) is 13.6. The van der Waals surface area contributed by atoms with E-state index in [1.165, 1.54) is 7.11 Å². The van der Waals surface area contributed by atoms with E-state index < -0.39 is 9.84 Å². The number of carbonyl (C=O) groups excluding carboxylic acids is 1. The molecule has 0 aliphatic carbocycles. The van der Waals surface area contributed by atoms with Gasteiger partial charge in [0.1, 0.15) is 0 Å². The summed E-state index contributed by atoms with van der Waals surface area (Å²) in [6, 6.07) is 9.05. The van der Waals surface area contributed by atoms with Crippen LogP contribution in [0.1, 0.15) is 18.4 Å². The Bertz CT molecular complexity index is 542. The lowest BCUT2D eigenvalue weighted by molar-refractivity contribution is -0.123. The Morgan fingerprint density at radius 1 is 1.32 bits per heavy atom. The summed E-state index contributed by atoms with van der Waals surface area (Å²) in [6.07, 6.45) is 0.270. The first-order chi connectivity index (χ1) is 10.5. The van der Waals surface area contributed by atoms with Crippen molar-refractivity contribution in [3.05, 3.63) is 35.9 Å². The number of amides is 1. The Morgan fingerprint density at radius 3 is 2.59 bits per heavy atom. The van der Waals surface area contributed by atoms with Crippen LogP contribution in [-0.2, 0) is 25.1 Å². The maximum Gasteiger partial charge on any atom is 0.222 e. The van der Waals surface area contributed by atoms with Crippen molar-refractivity contribution < 1.29 is 17.9 Å². The Morgan fingerprint density at radius 2 is 2.00 bits per heavy atom. The van der Waals surface area contributed by atoms with E-state index in [1.807, 2.05) is 18.2 Å². The van der Waals surface area contributed by atoms with Crippen LogP contribution in [0.2, 0.25) is 0 Å². The molecule has 0 bridgehead atoms. The zero-order chi connectivity index (χ0) is 16.4. The van der Waals surface area contributed by atoms with E-state index in [0.717, 1.165) is 5.56 Å². The number of rotatable bonds is 10. The van der Waals surface area contributed by atoms with Gasteiger partial charge < -0.3 is 15.8 Å². The average Bonchev–Trinajstić information content (AvgIpc) is 2.50. The molecule has 1 amide bonds. The van der Waals surface area contributed by atoms with Crippen molar-refractivity contribution >= 4 is 15.7 Å². The van der Waals surface area contributed by atoms with Crippen LogP contribution in [0.25, 0.3) is 0 Å². The smallest absolute Gasteiger partial charge is 0.222 e. The van der Waals surface area contributed by atoms with Crippen LogP contribution in [0.15, 0.2) is 30.3 Å². The highest BCUT2D eigenvalue weighted by Crippen LogP contribution is 2.07. The van der Waals surface area contributed by atoms with Crippen molar-refractivity contribution in [2.45, 2.75) is 24.7 Å². The number of carbonyl (C=O) groups is 1. The van der Waals surface area contributed by atoms with Gasteiger partial charge >= 0.3 is 0 Å². The number of sulfone groups is 1. The number of ether oxygens (including phenoxy) is 1. The van der Waals surface area contributed by atoms with Gasteiger partial charge in [0, 0.05) is 20.2 Å². The number of benzene rings is 1. The van der Waals surface area contributed by atoms with Gasteiger partial charge in [0.05, 0.1) is 24.0 Å². The molecule has 0 heterocycles. The van der Waals surface area contributed by atoms with Crippen molar-refractivity contribution in [3.8, 4) is 0 Å². The van der Waals surface area contributed by atoms with Gasteiger partial charge in [-0.15, -0.1) is 0 Å². The molecule has 1 aromatic rings. The zero-order valence-electron chi connectivity index (χ0n) is 12.8. The number of hydrogen-bond donors (Lipinski definition) is 2. The first kappa shape index (κ1) is 18.6. The normalized spacial score (nSPS) is 12.8. The lowest BCUT2D eigenvalue weighted by Gasteiger charge is -2.12. The lowest BCUT2D eigenvalue weighted by Crippen LogP contribution is -2.33. The molecule has 0 aliphatic heterocycles. The predicted octanol–water partition coefficient (Wildman–Crippen LogP) is 0.472. The van der Waals surface area contributed by atoms with Crippen LogP contribution in [0, 0.1) is 0 Å². The van der Waals surface area contributed by atoms with Crippen molar-refractivity contribution in [3.63, 3.8) is 0 Å². The molecule has 124 valence electrons. The Labute approximate surface area is 132 Å². The Hall–Kier alpha value is -1.44. The molecular weight excluding hydrogens is 304 g/mol. The Balaban J connectivity index is 2.27. The molecule has 1 unspecified atom stereocenters. The summed E-state index contributed by atoms with van der Waals surface area (Å²) in [4.78, 5) is 11.6. The van der Waals surface area contributed by atoms with Gasteiger partial charge in [-0.3, -0.25) is 4.79 Å². The third-order valence-corrected chi connectivity index (χ3v) is 4.88. The molecule has 1 rings (SSSR count). The minimum Gasteiger partial charge on any atom is -0.380 e. The minimum atomic E-state index is -3.16. The van der Waals surface area contributed by atoms with E-state index in [0.29, 0.717) is 13.0 Å². The van der Waals surface area contributed by atoms with Crippen LogP contribution in [0.4, 0.5) is 0 Å². The molecule has 6 nitrogen and oxygen atoms in total. The van der Waals surface area contributed by atoms with E-state index in [4.69, 9.17) is 10.5 Å². The van der Waals surface area contributed by atoms with Gasteiger partial charge in [-0.05, 0) is 12.0 Å². The number of methoxy groups -OCH3 is 1. The molecular formula is C15H24N2O4S. The van der Waals surface area contributed by atoms with Gasteiger partial charge in [-0.1, -0.05) is 30.3 Å². The molecule has 0 aromatic heterocycles. The fraction of sp³-hybridized carbons (Fsp3) is 0.533. The molecule has 0 saturated heterocycles. The summed E-state index contributed by atoms with van der Waals surface area (Å²) in [5.41, 5.74) is 6.21. The highest BCUT2D eigenvalue weighted by molar-refractivity contribution is 7.90. The summed E-state index contributed by atoms with van der Waals surface area (Å²) in [5.74, 6) is -0.106. The lowest BCUT2D eigenvalue weighted by atomic mass is 10.2. The minimum absolute atomic E-state index is 0.0285. The number of nitrogens with one attached hydrogen (secondary N) is 1. The van der Waals surface area contributed by atoms with Gasteiger partial charge in [0.15, 0.2) is 9.84 Å². The van der Waals surface area contributed by atoms with E-state index in [1.54, 1.807) is 12.1 Å². The second kappa shape index (κ2) is 9.55. The van der Waals surface area contributed by atoms with E-state index in [9.17, 15) is 13.2 Å². The summed E-state index contributed by atoms with van der Waals surface area (Å²) in [5, 5.41) is 2.68. The molecule has 22 heavy (non-hydrogen) atoms. The summed E-state index contributed by atoms with van der Waals surface area (Å²) in [6.45, 7) is 0.600. The molecule has 0 spiro atoms. The van der Waals surface area contributed by atoms with Gasteiger partial charge in [-0.25, -0.2) is 8.42 Å². The highest BCUT2D eigenvalue weighted by atomic mass is 32.2. The van der Waals surface area contributed by atoms with E-state index in [2.05, 4.69) is 5.32 Å². The second-order valence-corrected chi connectivity index (χ2v) is 7.26. The topological polar surface area (TPSA) is 98.5 Å². The molecule has 0 radical (unpaired) electrons. The molecule has 0 fully saturated rings. The van der Waals surface area contributed by atoms with E-state index >= 15 is 0 Å². The maximum atomic E-state index is 12.0. The molecule has 3 N–H and O–H groups in total. The highest BCUT2D eigenvalue weighted by Gasteiger charge is 2.13. The molecule has 1 atom stereocenters. The Kier molecular flexibility index (Phi) is 8.08. The molecule has 0 saturated carbocycles. The van der Waals surface area contributed by atoms with Crippen LogP contribution < -0.4 is 11.1 Å². The van der Waals surface area contributed by atoms with Crippen molar-refractivity contribution in [2.24, 2.45) is 5.73 Å². The standard InChI is InChI=1S/C15H24N2O4S/c1-21-14(11-16)10-15(18)17-8-5-9-22(19,20)12-13-6-3-2-4-7-13/h2-4,6-7,14H,5,8-12,16H2,1H3,(H,17,18). The third-order valence-electron chi connectivity index (χ3n) is 3.19. The SMILES string of the molecule is COC(CN)CC(=O)NCCCS(=O)(=O)Cc1ccccc1. The quantitative estimate of drug-likeness (QED) is 0.608. The largest absolute Gasteiger partial charge is 0.380 e. The predicted molar refractivity (Wildman–Crippen MR) is 86.0 cm³/mol. The fourth-order valence-electron chi connectivity index (χ4n) is 1.96. The molecule has 0 aliphatic rings.